The van der Waals surface area contributed by atoms with Crippen LogP contribution in [0.2, 0.25) is 0 Å². The second-order valence-corrected chi connectivity index (χ2v) is 5.20. The molecule has 0 saturated carbocycles. The normalized spacial score (nSPS) is 10.8. The smallest absolute Gasteiger partial charge is 0.283 e. The van der Waals surface area contributed by atoms with Gasteiger partial charge in [-0.15, -0.1) is 0 Å². The van der Waals surface area contributed by atoms with Crippen LogP contribution in [0.4, 0.5) is 5.69 Å². The lowest BCUT2D eigenvalue weighted by atomic mass is 10.4. The van der Waals surface area contributed by atoms with Gasteiger partial charge in [0.05, 0.1) is 25.0 Å². The van der Waals surface area contributed by atoms with Crippen LogP contribution in [-0.4, -0.2) is 44.8 Å². The fourth-order valence-electron chi connectivity index (χ4n) is 1.73. The van der Waals surface area contributed by atoms with Crippen molar-refractivity contribution in [1.82, 2.24) is 24.5 Å². The predicted molar refractivity (Wildman–Crippen MR) is 81.3 cm³/mol. The number of hydrogen-bond acceptors (Lipinski definition) is 6. The second kappa shape index (κ2) is 7.32. The highest BCUT2D eigenvalue weighted by Crippen LogP contribution is 2.15. The second-order valence-electron chi connectivity index (χ2n) is 4.40. The zero-order valence-electron chi connectivity index (χ0n) is 11.9. The molecule has 0 aromatic carbocycles. The minimum Gasteiger partial charge on any atom is -0.383 e. The van der Waals surface area contributed by atoms with E-state index in [1.807, 2.05) is 7.05 Å². The topological polar surface area (TPSA) is 86.9 Å². The summed E-state index contributed by atoms with van der Waals surface area (Å²) in [6.07, 6.45) is 3.94. The summed E-state index contributed by atoms with van der Waals surface area (Å²) < 4.78 is 8.42. The Balaban J connectivity index is 1.97. The van der Waals surface area contributed by atoms with Crippen molar-refractivity contribution in [2.45, 2.75) is 13.0 Å². The minimum absolute atomic E-state index is 0.187. The first kappa shape index (κ1) is 15.6. The van der Waals surface area contributed by atoms with Gasteiger partial charge in [-0.3, -0.25) is 9.48 Å². The molecular formula is C12H17BrN6O2. The number of nitrogens with one attached hydrogen (secondary N) is 1. The first-order chi connectivity index (χ1) is 10.1. The number of halogens is 1. The quantitative estimate of drug-likeness (QED) is 0.774. The third-order valence-corrected chi connectivity index (χ3v) is 3.57. The molecule has 21 heavy (non-hydrogen) atoms. The number of aryl methyl sites for hydroxylation is 1. The van der Waals surface area contributed by atoms with E-state index < -0.39 is 0 Å². The molecular weight excluding hydrogens is 340 g/mol. The highest BCUT2D eigenvalue weighted by Gasteiger charge is 2.08. The average Bonchev–Trinajstić information content (AvgIpc) is 2.88. The van der Waals surface area contributed by atoms with Crippen molar-refractivity contribution in [1.29, 1.82) is 0 Å². The SMILES string of the molecule is COCCn1ncc(NCCc2ncn(C)n2)c(Br)c1=O. The summed E-state index contributed by atoms with van der Waals surface area (Å²) in [4.78, 5) is 16.2. The van der Waals surface area contributed by atoms with E-state index in [0.29, 0.717) is 36.3 Å². The fourth-order valence-corrected chi connectivity index (χ4v) is 2.18. The zero-order valence-corrected chi connectivity index (χ0v) is 13.5. The maximum atomic E-state index is 12.1. The molecule has 2 aromatic rings. The van der Waals surface area contributed by atoms with Crippen LogP contribution >= 0.6 is 15.9 Å². The number of nitrogens with zero attached hydrogens (tertiary/aromatic N) is 5. The van der Waals surface area contributed by atoms with Gasteiger partial charge in [-0.25, -0.2) is 9.67 Å². The van der Waals surface area contributed by atoms with E-state index in [-0.39, 0.29) is 5.56 Å². The zero-order chi connectivity index (χ0) is 15.2. The Morgan fingerprint density at radius 3 is 2.95 bits per heavy atom. The number of rotatable bonds is 7. The third kappa shape index (κ3) is 4.11. The maximum Gasteiger partial charge on any atom is 0.283 e. The molecule has 0 unspecified atom stereocenters. The van der Waals surface area contributed by atoms with E-state index in [1.54, 1.807) is 24.3 Å². The van der Waals surface area contributed by atoms with Gasteiger partial charge < -0.3 is 10.1 Å². The van der Waals surface area contributed by atoms with Crippen molar-refractivity contribution >= 4 is 21.6 Å². The molecule has 2 rings (SSSR count). The molecule has 9 heteroatoms. The number of hydrogen-bond donors (Lipinski definition) is 1. The summed E-state index contributed by atoms with van der Waals surface area (Å²) in [5, 5.41) is 11.4. The van der Waals surface area contributed by atoms with E-state index in [2.05, 4.69) is 36.4 Å². The van der Waals surface area contributed by atoms with Crippen LogP contribution in [0.15, 0.2) is 21.8 Å². The van der Waals surface area contributed by atoms with Gasteiger partial charge in [0.2, 0.25) is 0 Å². The molecule has 0 amide bonds. The van der Waals surface area contributed by atoms with Crippen molar-refractivity contribution in [3.05, 3.63) is 33.2 Å². The van der Waals surface area contributed by atoms with E-state index in [4.69, 9.17) is 4.74 Å². The van der Waals surface area contributed by atoms with E-state index in [9.17, 15) is 4.79 Å². The van der Waals surface area contributed by atoms with Crippen LogP contribution in [0.1, 0.15) is 5.82 Å². The molecule has 0 bridgehead atoms. The lowest BCUT2D eigenvalue weighted by Crippen LogP contribution is -2.26. The van der Waals surface area contributed by atoms with Gasteiger partial charge >= 0.3 is 0 Å². The van der Waals surface area contributed by atoms with Crippen LogP contribution in [0.3, 0.4) is 0 Å². The summed E-state index contributed by atoms with van der Waals surface area (Å²) in [6, 6.07) is 0. The summed E-state index contributed by atoms with van der Waals surface area (Å²) in [6.45, 7) is 1.48. The van der Waals surface area contributed by atoms with Crippen molar-refractivity contribution in [2.75, 3.05) is 25.6 Å². The molecule has 0 spiro atoms. The maximum absolute atomic E-state index is 12.1. The van der Waals surface area contributed by atoms with Gasteiger partial charge in [-0.2, -0.15) is 10.2 Å². The summed E-state index contributed by atoms with van der Waals surface area (Å²) in [7, 11) is 3.41. The summed E-state index contributed by atoms with van der Waals surface area (Å²) >= 11 is 3.30. The number of anilines is 1. The predicted octanol–water partition coefficient (Wildman–Crippen LogP) is 0.435. The molecule has 0 fully saturated rings. The van der Waals surface area contributed by atoms with E-state index in [0.717, 1.165) is 5.82 Å². The summed E-state index contributed by atoms with van der Waals surface area (Å²) in [5.74, 6) is 0.752. The monoisotopic (exact) mass is 356 g/mol. The summed E-state index contributed by atoms with van der Waals surface area (Å²) in [5.41, 5.74) is 0.470. The lowest BCUT2D eigenvalue weighted by Gasteiger charge is -2.09. The molecule has 2 heterocycles. The minimum atomic E-state index is -0.187. The average molecular weight is 357 g/mol. The van der Waals surface area contributed by atoms with Crippen molar-refractivity contribution < 1.29 is 4.74 Å². The third-order valence-electron chi connectivity index (χ3n) is 2.80. The van der Waals surface area contributed by atoms with Crippen molar-refractivity contribution in [3.8, 4) is 0 Å². The van der Waals surface area contributed by atoms with Crippen LogP contribution in [-0.2, 0) is 24.8 Å². The first-order valence-electron chi connectivity index (χ1n) is 6.44. The molecule has 0 saturated heterocycles. The first-order valence-corrected chi connectivity index (χ1v) is 7.24. The molecule has 0 aliphatic rings. The molecule has 1 N–H and O–H groups in total. The highest BCUT2D eigenvalue weighted by atomic mass is 79.9. The van der Waals surface area contributed by atoms with Gasteiger partial charge in [0.1, 0.15) is 10.8 Å². The number of ether oxygens (including phenoxy) is 1. The Bertz CT molecular complexity index is 653. The van der Waals surface area contributed by atoms with Gasteiger partial charge in [-0.05, 0) is 15.9 Å². The standard InChI is InChI=1S/C12H17BrN6O2/c1-18-8-15-10(17-18)3-4-14-9-7-16-19(5-6-21-2)12(20)11(9)13/h7-8,14H,3-6H2,1-2H3. The fraction of sp³-hybridized carbons (Fsp3) is 0.500. The largest absolute Gasteiger partial charge is 0.383 e. The Kier molecular flexibility index (Phi) is 5.45. The molecule has 0 radical (unpaired) electrons. The van der Waals surface area contributed by atoms with Gasteiger partial charge in [0.25, 0.3) is 5.56 Å². The lowest BCUT2D eigenvalue weighted by molar-refractivity contribution is 0.181. The van der Waals surface area contributed by atoms with Crippen LogP contribution in [0.5, 0.6) is 0 Å². The molecule has 0 atom stereocenters. The Labute approximate surface area is 130 Å². The molecule has 0 aliphatic heterocycles. The van der Waals surface area contributed by atoms with Crippen molar-refractivity contribution in [2.24, 2.45) is 7.05 Å². The Morgan fingerprint density at radius 1 is 1.48 bits per heavy atom. The van der Waals surface area contributed by atoms with E-state index in [1.165, 1.54) is 4.68 Å². The Morgan fingerprint density at radius 2 is 2.29 bits per heavy atom. The highest BCUT2D eigenvalue weighted by molar-refractivity contribution is 9.10. The molecule has 8 nitrogen and oxygen atoms in total. The van der Waals surface area contributed by atoms with Crippen LogP contribution in [0, 0.1) is 0 Å². The van der Waals surface area contributed by atoms with Gasteiger partial charge in [0.15, 0.2) is 5.82 Å². The Hall–Kier alpha value is -1.74. The van der Waals surface area contributed by atoms with Gasteiger partial charge in [-0.1, -0.05) is 0 Å². The molecule has 114 valence electrons. The number of aromatic nitrogens is 5. The number of methoxy groups -OCH3 is 1. The van der Waals surface area contributed by atoms with Gasteiger partial charge in [0, 0.05) is 27.1 Å². The van der Waals surface area contributed by atoms with Crippen LogP contribution < -0.4 is 10.9 Å². The van der Waals surface area contributed by atoms with E-state index >= 15 is 0 Å². The van der Waals surface area contributed by atoms with Crippen LogP contribution in [0.25, 0.3) is 0 Å². The van der Waals surface area contributed by atoms with Crippen molar-refractivity contribution in [3.63, 3.8) is 0 Å². The molecule has 2 aromatic heterocycles. The molecule has 0 aliphatic carbocycles.